The van der Waals surface area contributed by atoms with Crippen LogP contribution in [0.3, 0.4) is 0 Å². The molecule has 1 amide bonds. The average molecular weight is 354 g/mol. The smallest absolute Gasteiger partial charge is 0.255 e. The second-order valence-electron chi connectivity index (χ2n) is 6.42. The highest BCUT2D eigenvalue weighted by Crippen LogP contribution is 2.33. The number of allylic oxidation sites excluding steroid dienone is 1. The van der Waals surface area contributed by atoms with Gasteiger partial charge >= 0.3 is 0 Å². The predicted molar refractivity (Wildman–Crippen MR) is 99.9 cm³/mol. The van der Waals surface area contributed by atoms with Crippen LogP contribution in [0, 0.1) is 0 Å². The van der Waals surface area contributed by atoms with Crippen LogP contribution >= 0.6 is 0 Å². The van der Waals surface area contributed by atoms with E-state index in [0.29, 0.717) is 36.1 Å². The summed E-state index contributed by atoms with van der Waals surface area (Å²) in [7, 11) is 0. The van der Waals surface area contributed by atoms with E-state index in [1.165, 1.54) is 6.42 Å². The third kappa shape index (κ3) is 3.20. The first-order valence-electron chi connectivity index (χ1n) is 8.96. The van der Waals surface area contributed by atoms with Crippen LogP contribution in [0.15, 0.2) is 34.0 Å². The number of piperidine rings is 1. The van der Waals surface area contributed by atoms with Gasteiger partial charge in [-0.2, -0.15) is 0 Å². The van der Waals surface area contributed by atoms with Crippen molar-refractivity contribution in [1.82, 2.24) is 9.88 Å². The van der Waals surface area contributed by atoms with E-state index in [4.69, 9.17) is 10.5 Å². The first-order valence-corrected chi connectivity index (χ1v) is 8.96. The van der Waals surface area contributed by atoms with Gasteiger partial charge in [0, 0.05) is 25.4 Å². The normalized spacial score (nSPS) is 20.8. The van der Waals surface area contributed by atoms with E-state index in [0.717, 1.165) is 31.6 Å². The molecule has 136 valence electrons. The lowest BCUT2D eigenvalue weighted by atomic mass is 10.1. The predicted octanol–water partition coefficient (Wildman–Crippen LogP) is 1.19. The van der Waals surface area contributed by atoms with Crippen LogP contribution in [0.4, 0.5) is 5.82 Å². The standard InChI is InChI=1S/C18H22N6O2/c19-12-22-16-9-14(11-20-16)24-6-7-26-15-8-13(10-21-17(15)24)18(25)23-4-2-1-3-5-23/h8-11H,1-7,12,19H2/b22-16-. The van der Waals surface area contributed by atoms with Gasteiger partial charge in [-0.1, -0.05) is 0 Å². The number of anilines is 1. The number of aliphatic imine (C=N–C) groups is 2. The van der Waals surface area contributed by atoms with E-state index in [1.807, 2.05) is 15.9 Å². The molecule has 0 aliphatic carbocycles. The first kappa shape index (κ1) is 16.7. The lowest BCUT2D eigenvalue weighted by Gasteiger charge is -2.31. The fraction of sp³-hybridized carbons (Fsp3) is 0.444. The average Bonchev–Trinajstić information content (AvgIpc) is 3.16. The number of aromatic nitrogens is 1. The monoisotopic (exact) mass is 354 g/mol. The van der Waals surface area contributed by atoms with Crippen molar-refractivity contribution < 1.29 is 9.53 Å². The maximum atomic E-state index is 12.7. The van der Waals surface area contributed by atoms with Crippen LogP contribution < -0.4 is 15.4 Å². The fourth-order valence-corrected chi connectivity index (χ4v) is 3.41. The summed E-state index contributed by atoms with van der Waals surface area (Å²) in [6, 6.07) is 1.80. The molecule has 3 aliphatic rings. The zero-order valence-electron chi connectivity index (χ0n) is 14.6. The zero-order chi connectivity index (χ0) is 17.9. The quantitative estimate of drug-likeness (QED) is 0.879. The number of ether oxygens (including phenoxy) is 1. The van der Waals surface area contributed by atoms with Gasteiger partial charge in [0.15, 0.2) is 17.4 Å². The minimum absolute atomic E-state index is 0.0275. The van der Waals surface area contributed by atoms with Crippen molar-refractivity contribution in [2.75, 3.05) is 37.8 Å². The molecule has 8 nitrogen and oxygen atoms in total. The molecule has 3 aliphatic heterocycles. The number of amides is 1. The third-order valence-corrected chi connectivity index (χ3v) is 4.72. The molecule has 1 fully saturated rings. The van der Waals surface area contributed by atoms with E-state index in [1.54, 1.807) is 18.5 Å². The summed E-state index contributed by atoms with van der Waals surface area (Å²) in [6.07, 6.45) is 8.58. The molecule has 0 aromatic carbocycles. The molecule has 4 rings (SSSR count). The van der Waals surface area contributed by atoms with Crippen molar-refractivity contribution in [1.29, 1.82) is 0 Å². The fourth-order valence-electron chi connectivity index (χ4n) is 3.41. The Kier molecular flexibility index (Phi) is 4.66. The highest BCUT2D eigenvalue weighted by atomic mass is 16.5. The number of likely N-dealkylation sites (tertiary alicyclic amines) is 1. The molecule has 4 heterocycles. The number of rotatable bonds is 3. The Labute approximate surface area is 152 Å². The molecule has 0 unspecified atom stereocenters. The molecule has 8 heteroatoms. The van der Waals surface area contributed by atoms with Crippen molar-refractivity contribution in [3.8, 4) is 5.75 Å². The summed E-state index contributed by atoms with van der Waals surface area (Å²) >= 11 is 0. The maximum Gasteiger partial charge on any atom is 0.255 e. The van der Waals surface area contributed by atoms with Gasteiger partial charge in [0.1, 0.15) is 6.61 Å². The van der Waals surface area contributed by atoms with Gasteiger partial charge in [-0.05, 0) is 25.3 Å². The summed E-state index contributed by atoms with van der Waals surface area (Å²) in [5.41, 5.74) is 6.91. The molecular weight excluding hydrogens is 332 g/mol. The van der Waals surface area contributed by atoms with E-state index in [2.05, 4.69) is 15.0 Å². The Bertz CT molecular complexity index is 795. The van der Waals surface area contributed by atoms with Crippen LogP contribution in [0.2, 0.25) is 0 Å². The van der Waals surface area contributed by atoms with Gasteiger partial charge in [-0.25, -0.2) is 9.98 Å². The van der Waals surface area contributed by atoms with Crippen molar-refractivity contribution in [3.05, 3.63) is 29.6 Å². The Morgan fingerprint density at radius 3 is 2.92 bits per heavy atom. The summed E-state index contributed by atoms with van der Waals surface area (Å²) < 4.78 is 5.77. The maximum absolute atomic E-state index is 12.7. The number of carbonyl (C=O) groups excluding carboxylic acids is 1. The summed E-state index contributed by atoms with van der Waals surface area (Å²) in [6.45, 7) is 3.01. The SMILES string of the molecule is NC/N=C1/C=C(N2CCOc3cc(C(=O)N4CCCCC4)cnc32)C=N1. The topological polar surface area (TPSA) is 96.4 Å². The molecule has 0 spiro atoms. The van der Waals surface area contributed by atoms with Crippen molar-refractivity contribution in [2.24, 2.45) is 15.7 Å². The van der Waals surface area contributed by atoms with E-state index in [9.17, 15) is 4.79 Å². The number of carbonyl (C=O) groups is 1. The number of fused-ring (bicyclic) bond motifs is 1. The summed E-state index contributed by atoms with van der Waals surface area (Å²) in [5.74, 6) is 1.95. The second-order valence-corrected chi connectivity index (χ2v) is 6.42. The number of pyridine rings is 1. The van der Waals surface area contributed by atoms with E-state index < -0.39 is 0 Å². The van der Waals surface area contributed by atoms with Crippen LogP contribution in [0.1, 0.15) is 29.6 Å². The van der Waals surface area contributed by atoms with Gasteiger partial charge in [-0.15, -0.1) is 0 Å². The summed E-state index contributed by atoms with van der Waals surface area (Å²) in [4.78, 5) is 29.5. The van der Waals surface area contributed by atoms with Crippen molar-refractivity contribution >= 4 is 23.8 Å². The second kappa shape index (κ2) is 7.25. The molecular formula is C18H22N6O2. The Morgan fingerprint density at radius 2 is 2.12 bits per heavy atom. The number of hydrogen-bond acceptors (Lipinski definition) is 6. The number of hydrogen-bond donors (Lipinski definition) is 1. The molecule has 0 bridgehead atoms. The number of nitrogens with two attached hydrogens (primary N) is 1. The van der Waals surface area contributed by atoms with Crippen LogP contribution in [-0.2, 0) is 0 Å². The zero-order valence-corrected chi connectivity index (χ0v) is 14.6. The first-order chi connectivity index (χ1) is 12.8. The van der Waals surface area contributed by atoms with E-state index >= 15 is 0 Å². The lowest BCUT2D eigenvalue weighted by molar-refractivity contribution is 0.0723. The van der Waals surface area contributed by atoms with Crippen molar-refractivity contribution in [3.63, 3.8) is 0 Å². The molecule has 0 saturated carbocycles. The molecule has 0 atom stereocenters. The van der Waals surface area contributed by atoms with Gasteiger partial charge in [0.2, 0.25) is 0 Å². The molecule has 26 heavy (non-hydrogen) atoms. The Morgan fingerprint density at radius 1 is 1.27 bits per heavy atom. The molecule has 1 aromatic heterocycles. The van der Waals surface area contributed by atoms with E-state index in [-0.39, 0.29) is 12.6 Å². The molecule has 1 aromatic rings. The summed E-state index contributed by atoms with van der Waals surface area (Å²) in [5, 5.41) is 0. The third-order valence-electron chi connectivity index (χ3n) is 4.72. The van der Waals surface area contributed by atoms with Crippen molar-refractivity contribution in [2.45, 2.75) is 19.3 Å². The highest BCUT2D eigenvalue weighted by molar-refractivity contribution is 6.11. The molecule has 1 saturated heterocycles. The van der Waals surface area contributed by atoms with Crippen LogP contribution in [-0.4, -0.2) is 60.8 Å². The number of amidine groups is 1. The molecule has 0 radical (unpaired) electrons. The lowest BCUT2D eigenvalue weighted by Crippen LogP contribution is -2.36. The molecule has 2 N–H and O–H groups in total. The van der Waals surface area contributed by atoms with Gasteiger partial charge in [0.25, 0.3) is 5.91 Å². The Balaban J connectivity index is 1.58. The van der Waals surface area contributed by atoms with Gasteiger partial charge in [0.05, 0.1) is 30.7 Å². The van der Waals surface area contributed by atoms with Gasteiger partial charge in [-0.3, -0.25) is 9.79 Å². The minimum atomic E-state index is 0.0275. The van der Waals surface area contributed by atoms with Gasteiger partial charge < -0.3 is 20.3 Å². The Hall–Kier alpha value is -2.74. The van der Waals surface area contributed by atoms with Crippen LogP contribution in [0.25, 0.3) is 0 Å². The van der Waals surface area contributed by atoms with Crippen LogP contribution in [0.5, 0.6) is 5.75 Å². The number of nitrogens with zero attached hydrogens (tertiary/aromatic N) is 5. The largest absolute Gasteiger partial charge is 0.488 e. The minimum Gasteiger partial charge on any atom is -0.488 e. The highest BCUT2D eigenvalue weighted by Gasteiger charge is 2.26.